The average Bonchev–Trinajstić information content (AvgIpc) is 3.43. The van der Waals surface area contributed by atoms with Crippen LogP contribution in [0.15, 0.2) is 0 Å². The minimum atomic E-state index is -0.457. The van der Waals surface area contributed by atoms with E-state index in [9.17, 15) is 19.2 Å². The van der Waals surface area contributed by atoms with Crippen molar-refractivity contribution in [3.05, 3.63) is 0 Å². The van der Waals surface area contributed by atoms with Crippen LogP contribution in [-0.4, -0.2) is 64.5 Å². The second kappa shape index (κ2) is 22.6. The molecule has 8 nitrogen and oxygen atoms in total. The predicted octanol–water partition coefficient (Wildman–Crippen LogP) is -2.41. The van der Waals surface area contributed by atoms with Gasteiger partial charge in [0.25, 0.3) is 6.47 Å². The Labute approximate surface area is 190 Å². The first-order valence-electron chi connectivity index (χ1n) is 9.14. The first-order valence-corrected chi connectivity index (χ1v) is 9.14. The largest absolute Gasteiger partial charge is 1.00 e. The summed E-state index contributed by atoms with van der Waals surface area (Å²) < 4.78 is 14.2. The van der Waals surface area contributed by atoms with Gasteiger partial charge in [-0.1, -0.05) is 6.92 Å². The fourth-order valence-corrected chi connectivity index (χ4v) is 2.34. The van der Waals surface area contributed by atoms with E-state index in [1.54, 1.807) is 13.8 Å². The number of ether oxygens (including phenoxy) is 3. The van der Waals surface area contributed by atoms with E-state index >= 15 is 0 Å². The molecule has 0 amide bonds. The van der Waals surface area contributed by atoms with Crippen LogP contribution in [0.3, 0.4) is 0 Å². The maximum absolute atomic E-state index is 11.3. The number of ketones is 2. The van der Waals surface area contributed by atoms with Gasteiger partial charge in [-0.05, 0) is 26.7 Å². The predicted molar refractivity (Wildman–Crippen MR) is 97.0 cm³/mol. The Kier molecular flexibility index (Phi) is 25.9. The summed E-state index contributed by atoms with van der Waals surface area (Å²) in [6.45, 7) is 8.79. The quantitative estimate of drug-likeness (QED) is 0.258. The molecule has 0 aliphatic carbocycles. The molecule has 2 aliphatic heterocycles. The van der Waals surface area contributed by atoms with Crippen LogP contribution in [0.1, 0.15) is 40.0 Å². The Morgan fingerprint density at radius 3 is 1.86 bits per heavy atom. The van der Waals surface area contributed by atoms with E-state index in [4.69, 9.17) is 14.6 Å². The molecule has 158 valence electrons. The Hall–Kier alpha value is -0.640. The van der Waals surface area contributed by atoms with Crippen molar-refractivity contribution in [1.82, 2.24) is 0 Å². The summed E-state index contributed by atoms with van der Waals surface area (Å²) >= 11 is 0. The van der Waals surface area contributed by atoms with Crippen molar-refractivity contribution in [2.75, 3.05) is 40.1 Å². The van der Waals surface area contributed by atoms with Gasteiger partial charge in [0.15, 0.2) is 0 Å². The smallest absolute Gasteiger partial charge is 0.857 e. The fraction of sp³-hybridized carbons (Fsp3) is 0.789. The molecule has 3 atom stereocenters. The first kappa shape index (κ1) is 32.0. The van der Waals surface area contributed by atoms with E-state index in [0.29, 0.717) is 51.4 Å². The molecule has 2 aliphatic rings. The van der Waals surface area contributed by atoms with Crippen LogP contribution in [0.25, 0.3) is 0 Å². The number of carbonyl (C=O) groups is 4. The summed E-state index contributed by atoms with van der Waals surface area (Å²) in [7, 11) is 0.750. The summed E-state index contributed by atoms with van der Waals surface area (Å²) in [5.41, 5.74) is 0. The zero-order valence-electron chi connectivity index (χ0n) is 17.8. The maximum atomic E-state index is 11.3. The standard InChI is InChI=1S/C8H12O3.C7H12O2.C3H6O2.CH3O.Na/c1-6(4-9)8(10)7-2-3-11-5-7;1-2-7(8)6-3-4-9-5-6;1-2-5-3-4;1-2;/h4,6-7H,2-3,5H2,1H3;6H,2-5H2,1H3;3H,2H2,1H3;1H3;/q;;;-1;+1. The van der Waals surface area contributed by atoms with Gasteiger partial charge >= 0.3 is 29.6 Å². The molecule has 3 unspecified atom stereocenters. The van der Waals surface area contributed by atoms with Crippen molar-refractivity contribution in [2.45, 2.75) is 40.0 Å². The second-order valence-electron chi connectivity index (χ2n) is 5.82. The summed E-state index contributed by atoms with van der Waals surface area (Å²) in [5.74, 6) is 0.108. The fourth-order valence-electron chi connectivity index (χ4n) is 2.34. The minimum Gasteiger partial charge on any atom is -0.857 e. The van der Waals surface area contributed by atoms with Crippen molar-refractivity contribution in [3.8, 4) is 0 Å². The van der Waals surface area contributed by atoms with Crippen molar-refractivity contribution < 1.29 is 68.1 Å². The Morgan fingerprint density at radius 1 is 1.07 bits per heavy atom. The van der Waals surface area contributed by atoms with Crippen molar-refractivity contribution >= 4 is 24.3 Å². The summed E-state index contributed by atoms with van der Waals surface area (Å²) in [6, 6.07) is 0. The van der Waals surface area contributed by atoms with E-state index in [1.807, 2.05) is 6.92 Å². The number of rotatable bonds is 7. The van der Waals surface area contributed by atoms with Crippen LogP contribution >= 0.6 is 0 Å². The molecule has 28 heavy (non-hydrogen) atoms. The van der Waals surface area contributed by atoms with Crippen molar-refractivity contribution in [2.24, 2.45) is 17.8 Å². The molecule has 0 N–H and O–H groups in total. The Bertz CT molecular complexity index is 405. The average molecular weight is 412 g/mol. The summed E-state index contributed by atoms with van der Waals surface area (Å²) in [4.78, 5) is 41.6. The molecule has 0 spiro atoms. The van der Waals surface area contributed by atoms with Crippen molar-refractivity contribution in [3.63, 3.8) is 0 Å². The van der Waals surface area contributed by atoms with E-state index in [-0.39, 0.29) is 47.2 Å². The number of Topliss-reactive ketones (excluding diaryl/α,β-unsaturated/α-hetero) is 2. The molecule has 2 fully saturated rings. The van der Waals surface area contributed by atoms with Crippen LogP contribution < -0.4 is 34.7 Å². The molecule has 0 aromatic heterocycles. The minimum absolute atomic E-state index is 0. The van der Waals surface area contributed by atoms with E-state index in [0.717, 1.165) is 26.6 Å². The molecular formula is C19H33NaO8. The third-order valence-electron chi connectivity index (χ3n) is 3.95. The molecule has 2 rings (SSSR count). The molecule has 0 radical (unpaired) electrons. The van der Waals surface area contributed by atoms with E-state index in [1.165, 1.54) is 0 Å². The number of hydrogen-bond donors (Lipinski definition) is 0. The normalized spacial score (nSPS) is 20.3. The molecular weight excluding hydrogens is 379 g/mol. The third kappa shape index (κ3) is 15.3. The van der Waals surface area contributed by atoms with Gasteiger partial charge in [-0.15, -0.1) is 0 Å². The zero-order chi connectivity index (χ0) is 21.1. The number of aldehydes is 1. The molecule has 2 heterocycles. The van der Waals surface area contributed by atoms with Gasteiger partial charge in [0.1, 0.15) is 17.9 Å². The Balaban J connectivity index is -0.000000333. The van der Waals surface area contributed by atoms with Gasteiger partial charge in [0.05, 0.1) is 25.7 Å². The SMILES string of the molecule is CC(C=O)C(=O)C1CCOC1.CCC(=O)C1CCOC1.CCOC=O.C[O-].[Na+]. The molecule has 0 aromatic carbocycles. The van der Waals surface area contributed by atoms with Gasteiger partial charge in [-0.2, -0.15) is 7.11 Å². The third-order valence-corrected chi connectivity index (χ3v) is 3.95. The Morgan fingerprint density at radius 2 is 1.57 bits per heavy atom. The summed E-state index contributed by atoms with van der Waals surface area (Å²) in [6.07, 6.45) is 3.07. The first-order chi connectivity index (χ1) is 13.0. The molecule has 9 heteroatoms. The van der Waals surface area contributed by atoms with Gasteiger partial charge < -0.3 is 24.1 Å². The van der Waals surface area contributed by atoms with Gasteiger partial charge in [-0.3, -0.25) is 14.4 Å². The van der Waals surface area contributed by atoms with Gasteiger partial charge in [-0.25, -0.2) is 0 Å². The topological polar surface area (TPSA) is 119 Å². The van der Waals surface area contributed by atoms with E-state index in [2.05, 4.69) is 4.74 Å². The molecule has 0 saturated carbocycles. The maximum Gasteiger partial charge on any atom is 1.00 e. The monoisotopic (exact) mass is 412 g/mol. The van der Waals surface area contributed by atoms with Gasteiger partial charge in [0.2, 0.25) is 0 Å². The van der Waals surface area contributed by atoms with Crippen LogP contribution in [0, 0.1) is 17.8 Å². The molecule has 2 saturated heterocycles. The second-order valence-corrected chi connectivity index (χ2v) is 5.82. The molecule has 0 bridgehead atoms. The van der Waals surface area contributed by atoms with Crippen LogP contribution in [0.2, 0.25) is 0 Å². The summed E-state index contributed by atoms with van der Waals surface area (Å²) in [5, 5.41) is 8.25. The zero-order valence-corrected chi connectivity index (χ0v) is 19.8. The van der Waals surface area contributed by atoms with Crippen LogP contribution in [-0.2, 0) is 33.4 Å². The van der Waals surface area contributed by atoms with E-state index < -0.39 is 5.92 Å². The van der Waals surface area contributed by atoms with Crippen LogP contribution in [0.5, 0.6) is 0 Å². The van der Waals surface area contributed by atoms with Crippen molar-refractivity contribution in [1.29, 1.82) is 0 Å². The number of carbonyl (C=O) groups excluding carboxylic acids is 4. The van der Waals surface area contributed by atoms with Crippen LogP contribution in [0.4, 0.5) is 0 Å². The van der Waals surface area contributed by atoms with Gasteiger partial charge in [0, 0.05) is 31.5 Å². The molecule has 0 aromatic rings. The number of hydrogen-bond acceptors (Lipinski definition) is 8.